The molecule has 2 N–H and O–H groups in total. The standard InChI is InChI=1S/C9H17F3N2/c1-6(2)14-8-5-13-4-3-7(8)9(10,11)12/h6-8,13-14H,3-5H2,1-2H3/t7-,8-/m0/s1. The number of alkyl halides is 3. The van der Waals surface area contributed by atoms with E-state index < -0.39 is 18.1 Å². The van der Waals surface area contributed by atoms with Crippen LogP contribution in [-0.4, -0.2) is 31.3 Å². The topological polar surface area (TPSA) is 24.1 Å². The lowest BCUT2D eigenvalue weighted by Crippen LogP contribution is -2.55. The maximum atomic E-state index is 12.6. The second-order valence-electron chi connectivity index (χ2n) is 4.07. The van der Waals surface area contributed by atoms with E-state index in [2.05, 4.69) is 10.6 Å². The lowest BCUT2D eigenvalue weighted by Gasteiger charge is -2.35. The van der Waals surface area contributed by atoms with Gasteiger partial charge in [0, 0.05) is 18.6 Å². The van der Waals surface area contributed by atoms with E-state index in [1.165, 1.54) is 0 Å². The Labute approximate surface area is 82.2 Å². The van der Waals surface area contributed by atoms with Crippen molar-refractivity contribution in [2.45, 2.75) is 38.5 Å². The second kappa shape index (κ2) is 4.49. The van der Waals surface area contributed by atoms with Crippen molar-refractivity contribution >= 4 is 0 Å². The first-order chi connectivity index (χ1) is 6.41. The highest BCUT2D eigenvalue weighted by molar-refractivity contribution is 4.88. The number of piperidine rings is 1. The van der Waals surface area contributed by atoms with Crippen LogP contribution in [0.3, 0.4) is 0 Å². The van der Waals surface area contributed by atoms with Gasteiger partial charge in [0.2, 0.25) is 0 Å². The lowest BCUT2D eigenvalue weighted by molar-refractivity contribution is -0.187. The third-order valence-corrected chi connectivity index (χ3v) is 2.45. The minimum atomic E-state index is -4.07. The molecule has 2 atom stereocenters. The molecule has 0 aromatic heterocycles. The molecule has 0 saturated carbocycles. The smallest absolute Gasteiger partial charge is 0.315 e. The molecule has 1 aliphatic rings. The van der Waals surface area contributed by atoms with Gasteiger partial charge in [-0.25, -0.2) is 0 Å². The molecule has 0 amide bonds. The molecule has 1 aliphatic heterocycles. The predicted molar refractivity (Wildman–Crippen MR) is 49.1 cm³/mol. The summed E-state index contributed by atoms with van der Waals surface area (Å²) >= 11 is 0. The Morgan fingerprint density at radius 1 is 1.36 bits per heavy atom. The van der Waals surface area contributed by atoms with Crippen molar-refractivity contribution in [3.8, 4) is 0 Å². The fourth-order valence-electron chi connectivity index (χ4n) is 1.85. The summed E-state index contributed by atoms with van der Waals surface area (Å²) in [5.41, 5.74) is 0. The molecule has 0 radical (unpaired) electrons. The summed E-state index contributed by atoms with van der Waals surface area (Å²) in [6.45, 7) is 4.59. The fourth-order valence-corrected chi connectivity index (χ4v) is 1.85. The molecule has 2 nitrogen and oxygen atoms in total. The summed E-state index contributed by atoms with van der Waals surface area (Å²) < 4.78 is 37.7. The van der Waals surface area contributed by atoms with Gasteiger partial charge in [0.15, 0.2) is 0 Å². The van der Waals surface area contributed by atoms with E-state index >= 15 is 0 Å². The summed E-state index contributed by atoms with van der Waals surface area (Å²) in [6, 6.07) is -0.395. The van der Waals surface area contributed by atoms with E-state index in [4.69, 9.17) is 0 Å². The molecule has 1 heterocycles. The Bertz CT molecular complexity index is 179. The van der Waals surface area contributed by atoms with Crippen LogP contribution in [0.4, 0.5) is 13.2 Å². The third kappa shape index (κ3) is 3.13. The minimum Gasteiger partial charge on any atom is -0.315 e. The second-order valence-corrected chi connectivity index (χ2v) is 4.07. The van der Waals surface area contributed by atoms with Gasteiger partial charge in [-0.2, -0.15) is 13.2 Å². The molecule has 0 aliphatic carbocycles. The van der Waals surface area contributed by atoms with Crippen LogP contribution in [-0.2, 0) is 0 Å². The van der Waals surface area contributed by atoms with E-state index in [1.807, 2.05) is 13.8 Å². The number of halogens is 3. The Kier molecular flexibility index (Phi) is 3.78. The van der Waals surface area contributed by atoms with Crippen molar-refractivity contribution in [2.75, 3.05) is 13.1 Å². The van der Waals surface area contributed by atoms with Gasteiger partial charge in [-0.15, -0.1) is 0 Å². The minimum absolute atomic E-state index is 0.0877. The van der Waals surface area contributed by atoms with E-state index in [-0.39, 0.29) is 12.5 Å². The van der Waals surface area contributed by atoms with E-state index in [1.54, 1.807) is 0 Å². The van der Waals surface area contributed by atoms with Gasteiger partial charge in [0.05, 0.1) is 5.92 Å². The lowest BCUT2D eigenvalue weighted by atomic mass is 9.91. The zero-order valence-electron chi connectivity index (χ0n) is 8.49. The molecular weight excluding hydrogens is 193 g/mol. The Morgan fingerprint density at radius 2 is 2.00 bits per heavy atom. The van der Waals surface area contributed by atoms with Crippen molar-refractivity contribution in [1.29, 1.82) is 0 Å². The Hall–Kier alpha value is -0.290. The molecule has 0 aromatic carbocycles. The molecular formula is C9H17F3N2. The average molecular weight is 210 g/mol. The summed E-state index contributed by atoms with van der Waals surface area (Å²) in [4.78, 5) is 0. The Morgan fingerprint density at radius 3 is 2.50 bits per heavy atom. The van der Waals surface area contributed by atoms with Crippen LogP contribution in [0.25, 0.3) is 0 Å². The first-order valence-corrected chi connectivity index (χ1v) is 4.94. The van der Waals surface area contributed by atoms with E-state index in [9.17, 15) is 13.2 Å². The van der Waals surface area contributed by atoms with Crippen LogP contribution >= 0.6 is 0 Å². The van der Waals surface area contributed by atoms with Gasteiger partial charge in [-0.05, 0) is 13.0 Å². The first-order valence-electron chi connectivity index (χ1n) is 4.94. The van der Waals surface area contributed by atoms with E-state index in [0.717, 1.165) is 0 Å². The number of hydrogen-bond acceptors (Lipinski definition) is 2. The monoisotopic (exact) mass is 210 g/mol. The summed E-state index contributed by atoms with van der Waals surface area (Å²) in [5, 5.41) is 5.94. The summed E-state index contributed by atoms with van der Waals surface area (Å²) in [5.74, 6) is -1.20. The van der Waals surface area contributed by atoms with Crippen LogP contribution in [0.5, 0.6) is 0 Å². The molecule has 0 aromatic rings. The van der Waals surface area contributed by atoms with Crippen LogP contribution in [0, 0.1) is 5.92 Å². The maximum Gasteiger partial charge on any atom is 0.393 e. The summed E-state index contributed by atoms with van der Waals surface area (Å²) in [7, 11) is 0. The number of rotatable bonds is 2. The quantitative estimate of drug-likeness (QED) is 0.722. The molecule has 5 heteroatoms. The molecule has 1 saturated heterocycles. The van der Waals surface area contributed by atoms with Gasteiger partial charge < -0.3 is 10.6 Å². The average Bonchev–Trinajstić information content (AvgIpc) is 2.01. The number of nitrogens with one attached hydrogen (secondary N) is 2. The zero-order valence-corrected chi connectivity index (χ0v) is 8.49. The SMILES string of the molecule is CC(C)N[C@H]1CNCC[C@@H]1C(F)(F)F. The highest BCUT2D eigenvalue weighted by Crippen LogP contribution is 2.32. The fraction of sp³-hybridized carbons (Fsp3) is 1.00. The molecule has 0 bridgehead atoms. The Balaban J connectivity index is 2.59. The normalized spacial score (nSPS) is 29.6. The summed E-state index contributed by atoms with van der Waals surface area (Å²) in [6.07, 6.45) is -3.90. The van der Waals surface area contributed by atoms with Crippen LogP contribution in [0.1, 0.15) is 20.3 Å². The molecule has 14 heavy (non-hydrogen) atoms. The van der Waals surface area contributed by atoms with Crippen molar-refractivity contribution in [3.63, 3.8) is 0 Å². The molecule has 0 unspecified atom stereocenters. The van der Waals surface area contributed by atoms with Crippen LogP contribution < -0.4 is 10.6 Å². The molecule has 0 spiro atoms. The third-order valence-electron chi connectivity index (χ3n) is 2.45. The molecule has 1 fully saturated rings. The van der Waals surface area contributed by atoms with Crippen molar-refractivity contribution < 1.29 is 13.2 Å². The highest BCUT2D eigenvalue weighted by Gasteiger charge is 2.45. The molecule has 1 rings (SSSR count). The van der Waals surface area contributed by atoms with Gasteiger partial charge >= 0.3 is 6.18 Å². The number of hydrogen-bond donors (Lipinski definition) is 2. The van der Waals surface area contributed by atoms with Crippen molar-refractivity contribution in [2.24, 2.45) is 5.92 Å². The predicted octanol–water partition coefficient (Wildman–Crippen LogP) is 1.52. The van der Waals surface area contributed by atoms with Gasteiger partial charge in [0.1, 0.15) is 0 Å². The van der Waals surface area contributed by atoms with Gasteiger partial charge in [-0.1, -0.05) is 13.8 Å². The molecule has 84 valence electrons. The van der Waals surface area contributed by atoms with Gasteiger partial charge in [-0.3, -0.25) is 0 Å². The highest BCUT2D eigenvalue weighted by atomic mass is 19.4. The van der Waals surface area contributed by atoms with Crippen LogP contribution in [0.15, 0.2) is 0 Å². The first kappa shape index (κ1) is 11.8. The zero-order chi connectivity index (χ0) is 10.8. The van der Waals surface area contributed by atoms with Crippen LogP contribution in [0.2, 0.25) is 0 Å². The van der Waals surface area contributed by atoms with Gasteiger partial charge in [0.25, 0.3) is 0 Å². The largest absolute Gasteiger partial charge is 0.393 e. The van der Waals surface area contributed by atoms with Crippen molar-refractivity contribution in [1.82, 2.24) is 10.6 Å². The maximum absolute atomic E-state index is 12.6. The van der Waals surface area contributed by atoms with E-state index in [0.29, 0.717) is 13.1 Å². The van der Waals surface area contributed by atoms with Crippen molar-refractivity contribution in [3.05, 3.63) is 0 Å².